The highest BCUT2D eigenvalue weighted by Gasteiger charge is 2.23. The highest BCUT2D eigenvalue weighted by Crippen LogP contribution is 2.29. The second-order valence-corrected chi connectivity index (χ2v) is 4.12. The Morgan fingerprint density at radius 1 is 1.27 bits per heavy atom. The quantitative estimate of drug-likeness (QED) is 0.435. The average molecular weight is 266 g/mol. The van der Waals surface area contributed by atoms with Crippen LogP contribution in [0.2, 0.25) is 0 Å². The van der Waals surface area contributed by atoms with Crippen LogP contribution in [-0.2, 0) is 9.59 Å². The third kappa shape index (κ3) is 2.54. The Morgan fingerprint density at radius 2 is 1.82 bits per heavy atom. The lowest BCUT2D eigenvalue weighted by Gasteiger charge is -2.22. The van der Waals surface area contributed by atoms with E-state index in [2.05, 4.69) is 0 Å². The van der Waals surface area contributed by atoms with Crippen molar-refractivity contribution in [1.82, 2.24) is 0 Å². The van der Waals surface area contributed by atoms with Gasteiger partial charge >= 0.3 is 0 Å². The summed E-state index contributed by atoms with van der Waals surface area (Å²) in [6, 6.07) is 0. The zero-order valence-electron chi connectivity index (χ0n) is 6.25. The summed E-state index contributed by atoms with van der Waals surface area (Å²) < 4.78 is 0.256. The number of hydrogen-bond donors (Lipinski definition) is 0. The summed E-state index contributed by atoms with van der Waals surface area (Å²) in [5.41, 5.74) is 0. The first-order valence-corrected chi connectivity index (χ1v) is 4.96. The summed E-state index contributed by atoms with van der Waals surface area (Å²) in [5, 5.41) is 0. The van der Waals surface area contributed by atoms with Crippen LogP contribution in [0.1, 0.15) is 25.7 Å². The number of carbonyl (C=O) groups excluding carboxylic acids is 2. The first-order valence-electron chi connectivity index (χ1n) is 3.88. The van der Waals surface area contributed by atoms with E-state index in [0.29, 0.717) is 0 Å². The molecular weight excluding hydrogens is 255 g/mol. The van der Waals surface area contributed by atoms with Crippen LogP contribution in [0.25, 0.3) is 0 Å². The Bertz CT molecular complexity index is 159. The standard InChI is InChI=1S/C8H11IO2/c9-8(11)7-3-1-6(5-10)2-4-7/h5-7H,1-4H2. The second-order valence-electron chi connectivity index (χ2n) is 3.05. The van der Waals surface area contributed by atoms with E-state index in [-0.39, 0.29) is 15.6 Å². The van der Waals surface area contributed by atoms with Gasteiger partial charge in [0, 0.05) is 11.8 Å². The summed E-state index contributed by atoms with van der Waals surface area (Å²) >= 11 is 1.85. The molecule has 1 fully saturated rings. The van der Waals surface area contributed by atoms with Crippen molar-refractivity contribution in [2.24, 2.45) is 11.8 Å². The molecule has 0 aliphatic heterocycles. The van der Waals surface area contributed by atoms with E-state index in [4.69, 9.17) is 0 Å². The van der Waals surface area contributed by atoms with Gasteiger partial charge in [0.2, 0.25) is 0 Å². The highest BCUT2D eigenvalue weighted by atomic mass is 127. The van der Waals surface area contributed by atoms with Crippen LogP contribution in [0.15, 0.2) is 0 Å². The molecule has 62 valence electrons. The van der Waals surface area contributed by atoms with Gasteiger partial charge in [-0.05, 0) is 48.3 Å². The van der Waals surface area contributed by atoms with Crippen molar-refractivity contribution in [3.63, 3.8) is 0 Å². The van der Waals surface area contributed by atoms with E-state index in [9.17, 15) is 9.59 Å². The van der Waals surface area contributed by atoms with Crippen molar-refractivity contribution >= 4 is 32.7 Å². The van der Waals surface area contributed by atoms with Gasteiger partial charge in [-0.1, -0.05) is 0 Å². The molecule has 0 aromatic heterocycles. The molecule has 0 bridgehead atoms. The number of halogens is 1. The van der Waals surface area contributed by atoms with Gasteiger partial charge in [0.05, 0.1) is 0 Å². The molecule has 11 heavy (non-hydrogen) atoms. The van der Waals surface area contributed by atoms with Gasteiger partial charge in [-0.25, -0.2) is 0 Å². The Kier molecular flexibility index (Phi) is 3.48. The summed E-state index contributed by atoms with van der Waals surface area (Å²) in [6.07, 6.45) is 4.65. The van der Waals surface area contributed by atoms with Crippen LogP contribution in [0.3, 0.4) is 0 Å². The molecule has 0 atom stereocenters. The average Bonchev–Trinajstić information content (AvgIpc) is 2.05. The fourth-order valence-corrected chi connectivity index (χ4v) is 2.11. The topological polar surface area (TPSA) is 34.1 Å². The van der Waals surface area contributed by atoms with E-state index in [0.717, 1.165) is 32.0 Å². The van der Waals surface area contributed by atoms with E-state index in [1.54, 1.807) is 0 Å². The van der Waals surface area contributed by atoms with E-state index < -0.39 is 0 Å². The summed E-state index contributed by atoms with van der Waals surface area (Å²) in [6.45, 7) is 0. The van der Waals surface area contributed by atoms with Gasteiger partial charge in [0.25, 0.3) is 0 Å². The molecule has 1 aliphatic rings. The maximum absolute atomic E-state index is 10.9. The molecule has 0 saturated heterocycles. The molecule has 2 nitrogen and oxygen atoms in total. The predicted octanol–water partition coefficient (Wildman–Crippen LogP) is 1.95. The van der Waals surface area contributed by atoms with Crippen LogP contribution >= 0.6 is 22.6 Å². The van der Waals surface area contributed by atoms with Gasteiger partial charge in [0.15, 0.2) is 3.79 Å². The Balaban J connectivity index is 2.35. The Hall–Kier alpha value is 0.0700. The van der Waals surface area contributed by atoms with Crippen molar-refractivity contribution in [2.75, 3.05) is 0 Å². The third-order valence-electron chi connectivity index (χ3n) is 2.29. The summed E-state index contributed by atoms with van der Waals surface area (Å²) in [4.78, 5) is 21.2. The SMILES string of the molecule is O=CC1CCC(C(=O)I)CC1. The third-order valence-corrected chi connectivity index (χ3v) is 3.17. The zero-order valence-corrected chi connectivity index (χ0v) is 8.41. The van der Waals surface area contributed by atoms with E-state index in [1.807, 2.05) is 22.6 Å². The van der Waals surface area contributed by atoms with Crippen molar-refractivity contribution in [3.05, 3.63) is 0 Å². The maximum atomic E-state index is 10.9. The van der Waals surface area contributed by atoms with Gasteiger partial charge in [-0.3, -0.25) is 4.79 Å². The molecule has 0 heterocycles. The molecular formula is C8H11IO2. The number of hydrogen-bond acceptors (Lipinski definition) is 2. The van der Waals surface area contributed by atoms with Gasteiger partial charge in [-0.2, -0.15) is 0 Å². The van der Waals surface area contributed by atoms with E-state index >= 15 is 0 Å². The highest BCUT2D eigenvalue weighted by molar-refractivity contribution is 14.1. The lowest BCUT2D eigenvalue weighted by Crippen LogP contribution is -2.18. The molecule has 0 aromatic rings. The van der Waals surface area contributed by atoms with Gasteiger partial charge in [0.1, 0.15) is 6.29 Å². The molecule has 1 aliphatic carbocycles. The van der Waals surface area contributed by atoms with Crippen LogP contribution in [0.5, 0.6) is 0 Å². The molecule has 0 amide bonds. The Labute approximate surface area is 79.9 Å². The smallest absolute Gasteiger partial charge is 0.195 e. The van der Waals surface area contributed by atoms with Crippen molar-refractivity contribution in [3.8, 4) is 0 Å². The van der Waals surface area contributed by atoms with Crippen molar-refractivity contribution in [1.29, 1.82) is 0 Å². The first-order chi connectivity index (χ1) is 5.24. The Morgan fingerprint density at radius 3 is 2.18 bits per heavy atom. The number of carbonyl (C=O) groups is 2. The fourth-order valence-electron chi connectivity index (χ4n) is 1.48. The zero-order chi connectivity index (χ0) is 8.27. The minimum atomic E-state index is 0.224. The predicted molar refractivity (Wildman–Crippen MR) is 50.5 cm³/mol. The minimum Gasteiger partial charge on any atom is -0.303 e. The maximum Gasteiger partial charge on any atom is 0.195 e. The van der Waals surface area contributed by atoms with Gasteiger partial charge < -0.3 is 4.79 Å². The number of aldehydes is 1. The number of rotatable bonds is 2. The minimum absolute atomic E-state index is 0.224. The summed E-state index contributed by atoms with van der Waals surface area (Å²) in [5.74, 6) is 0.453. The van der Waals surface area contributed by atoms with Crippen molar-refractivity contribution in [2.45, 2.75) is 25.7 Å². The van der Waals surface area contributed by atoms with Crippen LogP contribution in [0, 0.1) is 11.8 Å². The van der Waals surface area contributed by atoms with Crippen LogP contribution in [0.4, 0.5) is 0 Å². The summed E-state index contributed by atoms with van der Waals surface area (Å²) in [7, 11) is 0. The normalized spacial score (nSPS) is 31.4. The first kappa shape index (κ1) is 9.16. The molecule has 1 rings (SSSR count). The van der Waals surface area contributed by atoms with Gasteiger partial charge in [-0.15, -0.1) is 0 Å². The second kappa shape index (κ2) is 4.18. The molecule has 3 heteroatoms. The van der Waals surface area contributed by atoms with Crippen LogP contribution in [-0.4, -0.2) is 10.1 Å². The molecule has 0 N–H and O–H groups in total. The van der Waals surface area contributed by atoms with E-state index in [1.165, 1.54) is 0 Å². The molecule has 0 aromatic carbocycles. The fraction of sp³-hybridized carbons (Fsp3) is 0.750. The lowest BCUT2D eigenvalue weighted by atomic mass is 9.84. The molecule has 0 unspecified atom stereocenters. The molecule has 0 radical (unpaired) electrons. The van der Waals surface area contributed by atoms with Crippen molar-refractivity contribution < 1.29 is 9.59 Å². The monoisotopic (exact) mass is 266 g/mol. The van der Waals surface area contributed by atoms with Crippen LogP contribution < -0.4 is 0 Å². The lowest BCUT2D eigenvalue weighted by molar-refractivity contribution is -0.116. The molecule has 0 spiro atoms. The molecule has 1 saturated carbocycles. The largest absolute Gasteiger partial charge is 0.303 e.